The summed E-state index contributed by atoms with van der Waals surface area (Å²) < 4.78 is 6.66. The van der Waals surface area contributed by atoms with Crippen molar-refractivity contribution >= 4 is 23.4 Å². The van der Waals surface area contributed by atoms with Gasteiger partial charge in [-0.3, -0.25) is 14.4 Å². The van der Waals surface area contributed by atoms with Crippen LogP contribution in [-0.4, -0.2) is 57.6 Å². The van der Waals surface area contributed by atoms with E-state index >= 15 is 0 Å². The summed E-state index contributed by atoms with van der Waals surface area (Å²) in [4.78, 5) is 43.4. The summed E-state index contributed by atoms with van der Waals surface area (Å²) in [6.07, 6.45) is 1.59. The number of aliphatic hydroxyl groups excluding tert-OH is 1. The van der Waals surface area contributed by atoms with Gasteiger partial charge >= 0.3 is 0 Å². The number of aliphatic hydroxyl groups is 1. The summed E-state index contributed by atoms with van der Waals surface area (Å²) in [6.45, 7) is 5.96. The third-order valence-electron chi connectivity index (χ3n) is 8.44. The predicted molar refractivity (Wildman–Crippen MR) is 143 cm³/mol. The first-order valence-corrected chi connectivity index (χ1v) is 13.5. The minimum absolute atomic E-state index is 0.192. The van der Waals surface area contributed by atoms with Gasteiger partial charge in [-0.1, -0.05) is 62.4 Å². The van der Waals surface area contributed by atoms with Gasteiger partial charge in [0.2, 0.25) is 17.7 Å². The highest BCUT2D eigenvalue weighted by atomic mass is 16.5. The standard InChI is InChI=1S/C30H37N3O5/c1-19(2)16-22(18-34)33-25(27(36)31-17-20-10-6-4-7-11-20)30-15-14-29(3,38-30)23(24(30)28(33)37)26(35)32-21-12-8-5-9-13-21/h4-13,19,22-25,34H,14-18H2,1-3H3,(H,31,36)(H,32,35)/t22-,23-,24+,25?,29+,30?/m1/s1. The van der Waals surface area contributed by atoms with E-state index in [0.29, 0.717) is 31.5 Å². The molecule has 8 nitrogen and oxygen atoms in total. The van der Waals surface area contributed by atoms with Gasteiger partial charge in [-0.05, 0) is 49.8 Å². The summed E-state index contributed by atoms with van der Waals surface area (Å²) in [5.41, 5.74) is -0.410. The first-order chi connectivity index (χ1) is 18.2. The van der Waals surface area contributed by atoms with Crippen LogP contribution in [0.25, 0.3) is 0 Å². The highest BCUT2D eigenvalue weighted by Gasteiger charge is 2.78. The fourth-order valence-corrected chi connectivity index (χ4v) is 6.90. The number of para-hydroxylation sites is 1. The number of hydrogen-bond donors (Lipinski definition) is 3. The van der Waals surface area contributed by atoms with Gasteiger partial charge in [-0.2, -0.15) is 0 Å². The molecule has 3 aliphatic heterocycles. The highest BCUT2D eigenvalue weighted by Crippen LogP contribution is 2.63. The second-order valence-corrected chi connectivity index (χ2v) is 11.5. The Morgan fingerprint density at radius 1 is 1.05 bits per heavy atom. The lowest BCUT2D eigenvalue weighted by Gasteiger charge is -2.37. The van der Waals surface area contributed by atoms with Gasteiger partial charge in [0.05, 0.1) is 30.1 Å². The molecule has 3 aliphatic rings. The summed E-state index contributed by atoms with van der Waals surface area (Å²) >= 11 is 0. The first kappa shape index (κ1) is 26.4. The lowest BCUT2D eigenvalue weighted by molar-refractivity contribution is -0.149. The maximum Gasteiger partial charge on any atom is 0.246 e. The zero-order valence-corrected chi connectivity index (χ0v) is 22.2. The van der Waals surface area contributed by atoms with Gasteiger partial charge in [0.25, 0.3) is 0 Å². The van der Waals surface area contributed by atoms with Gasteiger partial charge in [-0.25, -0.2) is 0 Å². The molecule has 2 bridgehead atoms. The van der Waals surface area contributed by atoms with Crippen LogP contribution in [0.4, 0.5) is 5.69 Å². The number of rotatable bonds is 9. The van der Waals surface area contributed by atoms with Crippen molar-refractivity contribution in [2.45, 2.75) is 69.9 Å². The molecule has 3 N–H and O–H groups in total. The van der Waals surface area contributed by atoms with E-state index < -0.39 is 35.1 Å². The van der Waals surface area contributed by atoms with E-state index in [-0.39, 0.29) is 30.2 Å². The molecule has 38 heavy (non-hydrogen) atoms. The van der Waals surface area contributed by atoms with Crippen molar-refractivity contribution in [2.75, 3.05) is 11.9 Å². The smallest absolute Gasteiger partial charge is 0.246 e. The Labute approximate surface area is 223 Å². The lowest BCUT2D eigenvalue weighted by atomic mass is 9.66. The van der Waals surface area contributed by atoms with E-state index in [2.05, 4.69) is 10.6 Å². The summed E-state index contributed by atoms with van der Waals surface area (Å²) in [6, 6.07) is 17.2. The Morgan fingerprint density at radius 3 is 2.34 bits per heavy atom. The largest absolute Gasteiger partial charge is 0.394 e. The predicted octanol–water partition coefficient (Wildman–Crippen LogP) is 3.11. The second-order valence-electron chi connectivity index (χ2n) is 11.5. The molecular formula is C30H37N3O5. The van der Waals surface area contributed by atoms with Crippen molar-refractivity contribution in [3.8, 4) is 0 Å². The Balaban J connectivity index is 1.50. The number of amides is 3. The van der Waals surface area contributed by atoms with Crippen LogP contribution >= 0.6 is 0 Å². The van der Waals surface area contributed by atoms with Crippen molar-refractivity contribution in [1.29, 1.82) is 0 Å². The number of nitrogens with one attached hydrogen (secondary N) is 2. The van der Waals surface area contributed by atoms with Crippen LogP contribution in [0, 0.1) is 17.8 Å². The molecule has 5 rings (SSSR count). The monoisotopic (exact) mass is 519 g/mol. The average Bonchev–Trinajstić information content (AvgIpc) is 3.47. The molecule has 1 spiro atoms. The SMILES string of the molecule is CC(C)C[C@H](CO)N1C(=O)[C@@H]2[C@H](C(=O)Nc3ccccc3)[C@]3(C)CCC2(O3)C1C(=O)NCc1ccccc1. The average molecular weight is 520 g/mol. The number of anilines is 1. The molecule has 3 fully saturated rings. The molecule has 0 aromatic heterocycles. The lowest BCUT2D eigenvalue weighted by Crippen LogP contribution is -2.58. The number of carbonyl (C=O) groups is 3. The fraction of sp³-hybridized carbons (Fsp3) is 0.500. The van der Waals surface area contributed by atoms with E-state index in [0.717, 1.165) is 5.56 Å². The third kappa shape index (κ3) is 4.39. The molecule has 0 aliphatic carbocycles. The third-order valence-corrected chi connectivity index (χ3v) is 8.44. The molecule has 3 amide bonds. The Bertz CT molecular complexity index is 1190. The molecule has 2 aromatic carbocycles. The van der Waals surface area contributed by atoms with Crippen molar-refractivity contribution in [1.82, 2.24) is 10.2 Å². The molecule has 3 saturated heterocycles. The van der Waals surface area contributed by atoms with Gasteiger partial charge in [-0.15, -0.1) is 0 Å². The summed E-state index contributed by atoms with van der Waals surface area (Å²) in [5.74, 6) is -2.26. The van der Waals surface area contributed by atoms with Crippen LogP contribution in [0.3, 0.4) is 0 Å². The summed E-state index contributed by atoms with van der Waals surface area (Å²) in [7, 11) is 0. The number of carbonyl (C=O) groups excluding carboxylic acids is 3. The molecule has 6 atom stereocenters. The molecular weight excluding hydrogens is 482 g/mol. The van der Waals surface area contributed by atoms with Crippen LogP contribution in [0.2, 0.25) is 0 Å². The van der Waals surface area contributed by atoms with E-state index in [9.17, 15) is 19.5 Å². The van der Waals surface area contributed by atoms with E-state index in [1.807, 2.05) is 69.3 Å². The minimum atomic E-state index is -1.13. The maximum atomic E-state index is 14.2. The number of nitrogens with zero attached hydrogens (tertiary/aromatic N) is 1. The zero-order chi connectivity index (χ0) is 27.1. The Morgan fingerprint density at radius 2 is 1.71 bits per heavy atom. The molecule has 202 valence electrons. The molecule has 3 heterocycles. The molecule has 2 aromatic rings. The van der Waals surface area contributed by atoms with Gasteiger partial charge in [0.1, 0.15) is 11.6 Å². The maximum absolute atomic E-state index is 14.2. The van der Waals surface area contributed by atoms with Crippen molar-refractivity contribution in [3.63, 3.8) is 0 Å². The number of likely N-dealkylation sites (tertiary alicyclic amines) is 1. The molecule has 0 saturated carbocycles. The van der Waals surface area contributed by atoms with Crippen LogP contribution < -0.4 is 10.6 Å². The van der Waals surface area contributed by atoms with E-state index in [1.165, 1.54) is 0 Å². The minimum Gasteiger partial charge on any atom is -0.394 e. The van der Waals surface area contributed by atoms with Gasteiger partial charge in [0, 0.05) is 12.2 Å². The van der Waals surface area contributed by atoms with Gasteiger partial charge in [0.15, 0.2) is 0 Å². The topological polar surface area (TPSA) is 108 Å². The van der Waals surface area contributed by atoms with E-state index in [1.54, 1.807) is 17.0 Å². The second kappa shape index (κ2) is 10.2. The summed E-state index contributed by atoms with van der Waals surface area (Å²) in [5, 5.41) is 16.3. The van der Waals surface area contributed by atoms with Crippen LogP contribution in [0.1, 0.15) is 45.6 Å². The van der Waals surface area contributed by atoms with Crippen molar-refractivity contribution < 1.29 is 24.2 Å². The number of benzene rings is 2. The van der Waals surface area contributed by atoms with Crippen LogP contribution in [0.5, 0.6) is 0 Å². The molecule has 8 heteroatoms. The van der Waals surface area contributed by atoms with Crippen LogP contribution in [0.15, 0.2) is 60.7 Å². The zero-order valence-electron chi connectivity index (χ0n) is 22.2. The quantitative estimate of drug-likeness (QED) is 0.472. The normalized spacial score (nSPS) is 30.4. The number of hydrogen-bond acceptors (Lipinski definition) is 5. The van der Waals surface area contributed by atoms with Crippen molar-refractivity contribution in [2.24, 2.45) is 17.8 Å². The Hall–Kier alpha value is -3.23. The highest BCUT2D eigenvalue weighted by molar-refractivity contribution is 6.02. The number of ether oxygens (including phenoxy) is 1. The first-order valence-electron chi connectivity index (χ1n) is 13.5. The Kier molecular flexibility index (Phi) is 7.05. The number of fused-ring (bicyclic) bond motifs is 1. The van der Waals surface area contributed by atoms with E-state index in [4.69, 9.17) is 4.74 Å². The van der Waals surface area contributed by atoms with Crippen molar-refractivity contribution in [3.05, 3.63) is 66.2 Å². The van der Waals surface area contributed by atoms with Crippen LogP contribution in [-0.2, 0) is 25.7 Å². The van der Waals surface area contributed by atoms with Gasteiger partial charge < -0.3 is 25.4 Å². The molecule has 2 unspecified atom stereocenters. The fourth-order valence-electron chi connectivity index (χ4n) is 6.90. The molecule has 0 radical (unpaired) electrons.